The normalized spacial score (nSPS) is 28.0. The van der Waals surface area contributed by atoms with Crippen LogP contribution in [0.2, 0.25) is 0 Å². The maximum Gasteiger partial charge on any atom is 0.239 e. The van der Waals surface area contributed by atoms with Gasteiger partial charge in [-0.05, 0) is 19.3 Å². The molecule has 0 saturated carbocycles. The molecule has 2 aliphatic rings. The van der Waals surface area contributed by atoms with Crippen molar-refractivity contribution in [2.45, 2.75) is 31.4 Å². The Morgan fingerprint density at radius 1 is 1.29 bits per heavy atom. The Kier molecular flexibility index (Phi) is 4.36. The first-order valence-electron chi connectivity index (χ1n) is 6.44. The average molecular weight is 242 g/mol. The van der Waals surface area contributed by atoms with Gasteiger partial charge in [0.25, 0.3) is 0 Å². The van der Waals surface area contributed by atoms with Crippen molar-refractivity contribution in [2.75, 3.05) is 39.9 Å². The van der Waals surface area contributed by atoms with E-state index >= 15 is 0 Å². The molecule has 2 saturated heterocycles. The van der Waals surface area contributed by atoms with Crippen LogP contribution < -0.4 is 0 Å². The lowest BCUT2D eigenvalue weighted by Gasteiger charge is -2.34. The maximum atomic E-state index is 11.9. The number of hydrogen-bond donors (Lipinski definition) is 1. The number of carbonyl (C=O) groups excluding carboxylic acids is 1. The summed E-state index contributed by atoms with van der Waals surface area (Å²) < 4.78 is 5.52. The zero-order chi connectivity index (χ0) is 12.3. The van der Waals surface area contributed by atoms with E-state index in [0.29, 0.717) is 6.61 Å². The Bertz CT molecular complexity index is 264. The minimum atomic E-state index is 0.0894. The van der Waals surface area contributed by atoms with Crippen molar-refractivity contribution in [1.29, 1.82) is 0 Å². The molecule has 2 fully saturated rings. The zero-order valence-corrected chi connectivity index (χ0v) is 10.5. The summed E-state index contributed by atoms with van der Waals surface area (Å²) in [5.74, 6) is 0.264. The highest BCUT2D eigenvalue weighted by molar-refractivity contribution is 5.83. The summed E-state index contributed by atoms with van der Waals surface area (Å²) in [5, 5.41) is 8.70. The van der Waals surface area contributed by atoms with Gasteiger partial charge in [-0.15, -0.1) is 0 Å². The lowest BCUT2D eigenvalue weighted by molar-refractivity contribution is -0.132. The fourth-order valence-corrected chi connectivity index (χ4v) is 2.72. The fourth-order valence-electron chi connectivity index (χ4n) is 2.72. The van der Waals surface area contributed by atoms with Gasteiger partial charge in [0.2, 0.25) is 5.91 Å². The van der Waals surface area contributed by atoms with E-state index in [1.807, 2.05) is 11.9 Å². The summed E-state index contributed by atoms with van der Waals surface area (Å²) in [6.45, 7) is 3.26. The van der Waals surface area contributed by atoms with Crippen molar-refractivity contribution in [3.63, 3.8) is 0 Å². The summed E-state index contributed by atoms with van der Waals surface area (Å²) in [5.41, 5.74) is 0. The second-order valence-electron chi connectivity index (χ2n) is 4.89. The first kappa shape index (κ1) is 12.8. The molecule has 0 radical (unpaired) electrons. The number of carbonyl (C=O) groups is 1. The van der Waals surface area contributed by atoms with Crippen molar-refractivity contribution in [2.24, 2.45) is 0 Å². The molecule has 98 valence electrons. The largest absolute Gasteiger partial charge is 0.394 e. The quantitative estimate of drug-likeness (QED) is 0.735. The maximum absolute atomic E-state index is 11.9. The number of likely N-dealkylation sites (N-methyl/N-ethyl adjacent to an activating group) is 1. The highest BCUT2D eigenvalue weighted by Gasteiger charge is 2.35. The minimum absolute atomic E-state index is 0.0894. The third-order valence-electron chi connectivity index (χ3n) is 3.76. The number of ether oxygens (including phenoxy) is 1. The molecule has 2 heterocycles. The van der Waals surface area contributed by atoms with Gasteiger partial charge < -0.3 is 14.7 Å². The number of likely N-dealkylation sites (tertiary alicyclic amines) is 2. The van der Waals surface area contributed by atoms with Crippen molar-refractivity contribution in [3.8, 4) is 0 Å². The molecule has 1 N–H and O–H groups in total. The summed E-state index contributed by atoms with van der Waals surface area (Å²) in [6.07, 6.45) is 3.14. The fraction of sp³-hybridized carbons (Fsp3) is 0.917. The highest BCUT2D eigenvalue weighted by Crippen LogP contribution is 2.21. The predicted octanol–water partition coefficient (Wildman–Crippen LogP) is -0.310. The Morgan fingerprint density at radius 2 is 2.00 bits per heavy atom. The van der Waals surface area contributed by atoms with Gasteiger partial charge >= 0.3 is 0 Å². The van der Waals surface area contributed by atoms with Crippen LogP contribution in [0.15, 0.2) is 0 Å². The average Bonchev–Trinajstić information content (AvgIpc) is 2.68. The van der Waals surface area contributed by atoms with Gasteiger partial charge in [-0.2, -0.15) is 0 Å². The number of aliphatic hydroxyl groups is 1. The summed E-state index contributed by atoms with van der Waals surface area (Å²) in [4.78, 5) is 16.0. The molecule has 0 spiro atoms. The lowest BCUT2D eigenvalue weighted by Crippen LogP contribution is -2.46. The second kappa shape index (κ2) is 5.80. The van der Waals surface area contributed by atoms with Gasteiger partial charge in [0.15, 0.2) is 0 Å². The van der Waals surface area contributed by atoms with Gasteiger partial charge in [0.05, 0.1) is 25.4 Å². The number of rotatable bonds is 4. The van der Waals surface area contributed by atoms with Crippen LogP contribution in [0.1, 0.15) is 19.3 Å². The molecule has 5 heteroatoms. The molecule has 1 unspecified atom stereocenters. The molecule has 0 bridgehead atoms. The van der Waals surface area contributed by atoms with E-state index in [2.05, 4.69) is 4.90 Å². The van der Waals surface area contributed by atoms with Crippen LogP contribution in [0.4, 0.5) is 0 Å². The number of nitrogens with zero attached hydrogens (tertiary/aromatic N) is 2. The topological polar surface area (TPSA) is 53.0 Å². The highest BCUT2D eigenvalue weighted by atomic mass is 16.5. The molecule has 0 aromatic rings. The van der Waals surface area contributed by atoms with E-state index in [4.69, 9.17) is 9.84 Å². The molecule has 2 rings (SSSR count). The van der Waals surface area contributed by atoms with Crippen LogP contribution >= 0.6 is 0 Å². The van der Waals surface area contributed by atoms with Gasteiger partial charge in [-0.3, -0.25) is 9.69 Å². The molecule has 0 aliphatic carbocycles. The van der Waals surface area contributed by atoms with E-state index in [1.54, 1.807) is 0 Å². The molecule has 0 aromatic carbocycles. The van der Waals surface area contributed by atoms with E-state index in [1.165, 1.54) is 0 Å². The first-order valence-corrected chi connectivity index (χ1v) is 6.44. The van der Waals surface area contributed by atoms with Gasteiger partial charge in [-0.25, -0.2) is 0 Å². The van der Waals surface area contributed by atoms with Crippen LogP contribution in [0.25, 0.3) is 0 Å². The van der Waals surface area contributed by atoms with Crippen molar-refractivity contribution in [3.05, 3.63) is 0 Å². The molecule has 2 aliphatic heterocycles. The molecule has 1 atom stereocenters. The number of aliphatic hydroxyl groups excluding tert-OH is 1. The van der Waals surface area contributed by atoms with E-state index < -0.39 is 0 Å². The predicted molar refractivity (Wildman–Crippen MR) is 63.7 cm³/mol. The molecule has 0 aromatic heterocycles. The van der Waals surface area contributed by atoms with Gasteiger partial charge in [0.1, 0.15) is 0 Å². The number of piperidine rings is 1. The van der Waals surface area contributed by atoms with Crippen molar-refractivity contribution in [1.82, 2.24) is 9.80 Å². The van der Waals surface area contributed by atoms with Gasteiger partial charge in [-0.1, -0.05) is 0 Å². The number of hydrogen-bond acceptors (Lipinski definition) is 4. The first-order chi connectivity index (χ1) is 8.22. The van der Waals surface area contributed by atoms with E-state index in [9.17, 15) is 4.79 Å². The van der Waals surface area contributed by atoms with Crippen LogP contribution in [0, 0.1) is 0 Å². The van der Waals surface area contributed by atoms with Crippen LogP contribution in [0.5, 0.6) is 0 Å². The van der Waals surface area contributed by atoms with Crippen LogP contribution in [-0.4, -0.2) is 72.9 Å². The van der Waals surface area contributed by atoms with Crippen molar-refractivity contribution >= 4 is 5.91 Å². The van der Waals surface area contributed by atoms with E-state index in [-0.39, 0.29) is 24.7 Å². The summed E-state index contributed by atoms with van der Waals surface area (Å²) in [7, 11) is 1.87. The monoisotopic (exact) mass is 242 g/mol. The molecule has 5 nitrogen and oxygen atoms in total. The second-order valence-corrected chi connectivity index (χ2v) is 4.89. The lowest BCUT2D eigenvalue weighted by atomic mass is 10.0. The Morgan fingerprint density at radius 3 is 2.53 bits per heavy atom. The van der Waals surface area contributed by atoms with E-state index in [0.717, 1.165) is 38.9 Å². The number of amides is 1. The third kappa shape index (κ3) is 2.97. The van der Waals surface area contributed by atoms with Gasteiger partial charge in [0, 0.05) is 26.7 Å². The summed E-state index contributed by atoms with van der Waals surface area (Å²) >= 11 is 0. The third-order valence-corrected chi connectivity index (χ3v) is 3.76. The molecular formula is C12H22N2O3. The summed E-state index contributed by atoms with van der Waals surface area (Å²) in [6, 6.07) is 0.0961. The Labute approximate surface area is 102 Å². The Balaban J connectivity index is 1.77. The minimum Gasteiger partial charge on any atom is -0.394 e. The van der Waals surface area contributed by atoms with Crippen LogP contribution in [-0.2, 0) is 9.53 Å². The SMILES string of the molecule is CN1CCC(N2CCC(OCCO)CC2)C1=O. The molecular weight excluding hydrogens is 220 g/mol. The molecule has 1 amide bonds. The van der Waals surface area contributed by atoms with Crippen molar-refractivity contribution < 1.29 is 14.6 Å². The standard InChI is InChI=1S/C12H22N2O3/c1-13-5-4-11(12(13)16)14-6-2-10(3-7-14)17-9-8-15/h10-11,15H,2-9H2,1H3. The molecule has 17 heavy (non-hydrogen) atoms. The van der Waals surface area contributed by atoms with Crippen LogP contribution in [0.3, 0.4) is 0 Å². The smallest absolute Gasteiger partial charge is 0.239 e. The zero-order valence-electron chi connectivity index (χ0n) is 10.5. The Hall–Kier alpha value is -0.650.